The van der Waals surface area contributed by atoms with Crippen molar-refractivity contribution in [3.05, 3.63) is 0 Å². The number of nitrogens with two attached hydrogens (primary N) is 1. The van der Waals surface area contributed by atoms with Crippen LogP contribution in [0, 0.1) is 11.8 Å². The molecule has 0 aromatic heterocycles. The van der Waals surface area contributed by atoms with Crippen molar-refractivity contribution in [3.63, 3.8) is 0 Å². The average molecular weight is 279 g/mol. The van der Waals surface area contributed by atoms with Gasteiger partial charge in [0.25, 0.3) is 0 Å². The van der Waals surface area contributed by atoms with E-state index < -0.39 is 0 Å². The molecule has 1 saturated carbocycles. The molecule has 2 saturated heterocycles. The van der Waals surface area contributed by atoms with Crippen molar-refractivity contribution < 1.29 is 4.79 Å². The van der Waals surface area contributed by atoms with Crippen molar-refractivity contribution in [3.8, 4) is 0 Å². The largest absolute Gasteiger partial charge is 0.341 e. The monoisotopic (exact) mass is 279 g/mol. The SMILES string of the molecule is CC1C(N)CCCC1C(=O)N1CCC(N2CCCC2)C1. The van der Waals surface area contributed by atoms with Crippen LogP contribution in [0.15, 0.2) is 0 Å². The van der Waals surface area contributed by atoms with Gasteiger partial charge in [0.1, 0.15) is 0 Å². The van der Waals surface area contributed by atoms with E-state index in [1.54, 1.807) is 0 Å². The number of likely N-dealkylation sites (tertiary alicyclic amines) is 2. The summed E-state index contributed by atoms with van der Waals surface area (Å²) in [4.78, 5) is 17.5. The maximum absolute atomic E-state index is 12.8. The zero-order chi connectivity index (χ0) is 14.1. The molecule has 0 spiro atoms. The van der Waals surface area contributed by atoms with Gasteiger partial charge in [-0.05, 0) is 51.1 Å². The summed E-state index contributed by atoms with van der Waals surface area (Å²) in [5.41, 5.74) is 6.15. The lowest BCUT2D eigenvalue weighted by Crippen LogP contribution is -2.46. The molecule has 114 valence electrons. The number of amides is 1. The number of carbonyl (C=O) groups is 1. The smallest absolute Gasteiger partial charge is 0.226 e. The molecular weight excluding hydrogens is 250 g/mol. The van der Waals surface area contributed by atoms with Crippen molar-refractivity contribution in [2.45, 2.75) is 57.5 Å². The average Bonchev–Trinajstić information content (AvgIpc) is 3.11. The maximum atomic E-state index is 12.8. The Hall–Kier alpha value is -0.610. The van der Waals surface area contributed by atoms with Crippen LogP contribution >= 0.6 is 0 Å². The van der Waals surface area contributed by atoms with Gasteiger partial charge in [-0.25, -0.2) is 0 Å². The summed E-state index contributed by atoms with van der Waals surface area (Å²) >= 11 is 0. The van der Waals surface area contributed by atoms with Crippen LogP contribution in [-0.4, -0.2) is 54.0 Å². The minimum Gasteiger partial charge on any atom is -0.341 e. The molecule has 3 rings (SSSR count). The first-order valence-corrected chi connectivity index (χ1v) is 8.45. The second-order valence-corrected chi connectivity index (χ2v) is 7.03. The normalized spacial score (nSPS) is 39.4. The molecule has 4 nitrogen and oxygen atoms in total. The highest BCUT2D eigenvalue weighted by Gasteiger charge is 2.38. The van der Waals surface area contributed by atoms with Crippen molar-refractivity contribution >= 4 is 5.91 Å². The van der Waals surface area contributed by atoms with Crippen molar-refractivity contribution in [2.75, 3.05) is 26.2 Å². The van der Waals surface area contributed by atoms with Gasteiger partial charge in [0, 0.05) is 31.1 Å². The first kappa shape index (κ1) is 14.3. The van der Waals surface area contributed by atoms with E-state index in [1.165, 1.54) is 32.4 Å². The fourth-order valence-corrected chi connectivity index (χ4v) is 4.33. The van der Waals surface area contributed by atoms with Gasteiger partial charge in [0.05, 0.1) is 0 Å². The van der Waals surface area contributed by atoms with E-state index in [9.17, 15) is 4.79 Å². The van der Waals surface area contributed by atoms with Gasteiger partial charge in [0.15, 0.2) is 0 Å². The van der Waals surface area contributed by atoms with Gasteiger partial charge >= 0.3 is 0 Å². The standard InChI is InChI=1S/C16H29N3O/c1-12-14(5-4-6-15(12)17)16(20)19-10-7-13(11-19)18-8-2-3-9-18/h12-15H,2-11,17H2,1H3. The third kappa shape index (κ3) is 2.73. The predicted molar refractivity (Wildman–Crippen MR) is 80.3 cm³/mol. The summed E-state index contributed by atoms with van der Waals surface area (Å²) in [6.07, 6.45) is 7.07. The fourth-order valence-electron chi connectivity index (χ4n) is 4.33. The minimum absolute atomic E-state index is 0.177. The predicted octanol–water partition coefficient (Wildman–Crippen LogP) is 1.45. The molecule has 0 radical (unpaired) electrons. The Morgan fingerprint density at radius 2 is 1.80 bits per heavy atom. The third-order valence-corrected chi connectivity index (χ3v) is 5.81. The first-order valence-electron chi connectivity index (χ1n) is 8.45. The minimum atomic E-state index is 0.177. The molecule has 3 aliphatic rings. The molecule has 2 heterocycles. The molecule has 0 bridgehead atoms. The lowest BCUT2D eigenvalue weighted by molar-refractivity contribution is -0.137. The number of hydrogen-bond acceptors (Lipinski definition) is 3. The quantitative estimate of drug-likeness (QED) is 0.832. The van der Waals surface area contributed by atoms with Gasteiger partial charge in [-0.15, -0.1) is 0 Å². The highest BCUT2D eigenvalue weighted by Crippen LogP contribution is 2.32. The zero-order valence-corrected chi connectivity index (χ0v) is 12.8. The van der Waals surface area contributed by atoms with Crippen LogP contribution in [0.1, 0.15) is 45.4 Å². The summed E-state index contributed by atoms with van der Waals surface area (Å²) < 4.78 is 0. The Balaban J connectivity index is 1.57. The third-order valence-electron chi connectivity index (χ3n) is 5.81. The fraction of sp³-hybridized carbons (Fsp3) is 0.938. The Kier molecular flexibility index (Phi) is 4.32. The van der Waals surface area contributed by atoms with E-state index in [2.05, 4.69) is 16.7 Å². The number of hydrogen-bond donors (Lipinski definition) is 1. The first-order chi connectivity index (χ1) is 9.66. The molecule has 4 heteroatoms. The number of nitrogens with zero attached hydrogens (tertiary/aromatic N) is 2. The Labute approximate surface area is 122 Å². The van der Waals surface area contributed by atoms with Crippen molar-refractivity contribution in [1.29, 1.82) is 0 Å². The number of rotatable bonds is 2. The van der Waals surface area contributed by atoms with E-state index >= 15 is 0 Å². The maximum Gasteiger partial charge on any atom is 0.226 e. The molecule has 3 fully saturated rings. The van der Waals surface area contributed by atoms with Crippen molar-refractivity contribution in [2.24, 2.45) is 17.6 Å². The Morgan fingerprint density at radius 1 is 1.05 bits per heavy atom. The highest BCUT2D eigenvalue weighted by atomic mass is 16.2. The lowest BCUT2D eigenvalue weighted by Gasteiger charge is -2.35. The summed E-state index contributed by atoms with van der Waals surface area (Å²) in [5.74, 6) is 0.910. The summed E-state index contributed by atoms with van der Waals surface area (Å²) in [6.45, 7) is 6.55. The van der Waals surface area contributed by atoms with Crippen molar-refractivity contribution in [1.82, 2.24) is 9.80 Å². The van der Waals surface area contributed by atoms with Crippen LogP contribution in [0.4, 0.5) is 0 Å². The molecule has 1 aliphatic carbocycles. The van der Waals surface area contributed by atoms with Crippen LogP contribution in [0.5, 0.6) is 0 Å². The highest BCUT2D eigenvalue weighted by molar-refractivity contribution is 5.79. The second kappa shape index (κ2) is 6.02. The van der Waals surface area contributed by atoms with Crippen LogP contribution in [0.25, 0.3) is 0 Å². The zero-order valence-electron chi connectivity index (χ0n) is 12.8. The molecule has 4 unspecified atom stereocenters. The van der Waals surface area contributed by atoms with Crippen LogP contribution in [0.2, 0.25) is 0 Å². The Bertz CT molecular complexity index is 354. The summed E-state index contributed by atoms with van der Waals surface area (Å²) in [5, 5.41) is 0. The van der Waals surface area contributed by atoms with E-state index in [0.29, 0.717) is 17.9 Å². The molecule has 2 aliphatic heterocycles. The molecular formula is C16H29N3O. The lowest BCUT2D eigenvalue weighted by atomic mass is 9.76. The topological polar surface area (TPSA) is 49.6 Å². The van der Waals surface area contributed by atoms with Crippen LogP contribution in [0.3, 0.4) is 0 Å². The molecule has 20 heavy (non-hydrogen) atoms. The molecule has 4 atom stereocenters. The van der Waals surface area contributed by atoms with Gasteiger partial charge in [-0.3, -0.25) is 9.69 Å². The van der Waals surface area contributed by atoms with E-state index in [0.717, 1.165) is 32.4 Å². The van der Waals surface area contributed by atoms with E-state index in [4.69, 9.17) is 5.73 Å². The van der Waals surface area contributed by atoms with E-state index in [1.807, 2.05) is 0 Å². The molecule has 0 aromatic carbocycles. The van der Waals surface area contributed by atoms with Gasteiger partial charge in [-0.2, -0.15) is 0 Å². The summed E-state index contributed by atoms with van der Waals surface area (Å²) in [7, 11) is 0. The van der Waals surface area contributed by atoms with Gasteiger partial charge in [-0.1, -0.05) is 13.3 Å². The van der Waals surface area contributed by atoms with Crippen LogP contribution in [-0.2, 0) is 4.79 Å². The second-order valence-electron chi connectivity index (χ2n) is 7.03. The molecule has 2 N–H and O–H groups in total. The van der Waals surface area contributed by atoms with Crippen LogP contribution < -0.4 is 5.73 Å². The van der Waals surface area contributed by atoms with Gasteiger partial charge in [0.2, 0.25) is 5.91 Å². The number of carbonyl (C=O) groups excluding carboxylic acids is 1. The Morgan fingerprint density at radius 3 is 2.55 bits per heavy atom. The van der Waals surface area contributed by atoms with Gasteiger partial charge < -0.3 is 10.6 Å². The summed E-state index contributed by atoms with van der Waals surface area (Å²) in [6, 6.07) is 0.837. The molecule has 1 amide bonds. The molecule has 0 aromatic rings. The van der Waals surface area contributed by atoms with E-state index in [-0.39, 0.29) is 12.0 Å².